The van der Waals surface area contributed by atoms with Gasteiger partial charge in [0, 0.05) is 0 Å². The molecule has 1 aromatic rings. The van der Waals surface area contributed by atoms with Crippen LogP contribution in [0.25, 0.3) is 0 Å². The smallest absolute Gasteiger partial charge is 0.422 e. The maximum Gasteiger partial charge on any atom is 0.422 e. The molecule has 0 unspecified atom stereocenters. The van der Waals surface area contributed by atoms with Gasteiger partial charge in [-0.25, -0.2) is 9.10 Å². The fourth-order valence-corrected chi connectivity index (χ4v) is 2.33. The van der Waals surface area contributed by atoms with Gasteiger partial charge in [0.15, 0.2) is 0 Å². The van der Waals surface area contributed by atoms with Gasteiger partial charge in [-0.15, -0.1) is 0 Å². The van der Waals surface area contributed by atoms with Crippen LogP contribution >= 0.6 is 12.2 Å². The highest BCUT2D eigenvalue weighted by Gasteiger charge is 2.35. The standard InChI is InChI=1S/C13H17NO3S/c1-13(2,3)17-12(15)14-11(9-16-18-14)10-7-5-4-6-8-10/h4-8,11H,9H2,1-3H3/t11-/m1/s1. The average molecular weight is 267 g/mol. The van der Waals surface area contributed by atoms with E-state index in [4.69, 9.17) is 8.92 Å². The number of carbonyl (C=O) groups is 1. The third-order valence-electron chi connectivity index (χ3n) is 2.40. The lowest BCUT2D eigenvalue weighted by Crippen LogP contribution is -2.33. The first-order valence-corrected chi connectivity index (χ1v) is 6.54. The molecular formula is C13H17NO3S. The highest BCUT2D eigenvalue weighted by Crippen LogP contribution is 2.36. The average Bonchev–Trinajstić information content (AvgIpc) is 2.76. The van der Waals surface area contributed by atoms with Crippen molar-refractivity contribution in [2.45, 2.75) is 32.4 Å². The summed E-state index contributed by atoms with van der Waals surface area (Å²) in [6.07, 6.45) is -0.362. The zero-order valence-electron chi connectivity index (χ0n) is 10.8. The number of hydrogen-bond acceptors (Lipinski definition) is 4. The molecule has 0 aliphatic carbocycles. The zero-order valence-corrected chi connectivity index (χ0v) is 11.6. The van der Waals surface area contributed by atoms with E-state index in [1.165, 1.54) is 0 Å². The van der Waals surface area contributed by atoms with Crippen LogP contribution in [0.4, 0.5) is 4.79 Å². The summed E-state index contributed by atoms with van der Waals surface area (Å²) in [7, 11) is 0. The Morgan fingerprint density at radius 1 is 1.39 bits per heavy atom. The molecule has 0 saturated carbocycles. The Morgan fingerprint density at radius 2 is 2.06 bits per heavy atom. The summed E-state index contributed by atoms with van der Waals surface area (Å²) in [6, 6.07) is 9.72. The van der Waals surface area contributed by atoms with Crippen molar-refractivity contribution in [1.82, 2.24) is 4.31 Å². The molecule has 4 nitrogen and oxygen atoms in total. The molecule has 0 radical (unpaired) electrons. The Kier molecular flexibility index (Phi) is 3.82. The van der Waals surface area contributed by atoms with Crippen LogP contribution in [0, 0.1) is 0 Å². The van der Waals surface area contributed by atoms with E-state index in [1.54, 1.807) is 4.31 Å². The van der Waals surface area contributed by atoms with Gasteiger partial charge in [0.25, 0.3) is 0 Å². The van der Waals surface area contributed by atoms with E-state index in [0.29, 0.717) is 6.61 Å². The minimum atomic E-state index is -0.499. The minimum absolute atomic E-state index is 0.0916. The predicted octanol–water partition coefficient (Wildman–Crippen LogP) is 3.56. The molecule has 1 aliphatic heterocycles. The van der Waals surface area contributed by atoms with Crippen LogP contribution in [-0.2, 0) is 8.92 Å². The first-order valence-electron chi connectivity index (χ1n) is 5.84. The second kappa shape index (κ2) is 5.20. The lowest BCUT2D eigenvalue weighted by Gasteiger charge is -2.25. The van der Waals surface area contributed by atoms with Crippen LogP contribution in [0.3, 0.4) is 0 Å². The van der Waals surface area contributed by atoms with E-state index in [-0.39, 0.29) is 12.1 Å². The number of rotatable bonds is 1. The van der Waals surface area contributed by atoms with Crippen LogP contribution in [0.5, 0.6) is 0 Å². The summed E-state index contributed by atoms with van der Waals surface area (Å²) in [5, 5.41) is 0. The minimum Gasteiger partial charge on any atom is -0.443 e. The molecule has 2 rings (SSSR count). The molecular weight excluding hydrogens is 250 g/mol. The number of ether oxygens (including phenoxy) is 1. The fourth-order valence-electron chi connectivity index (χ4n) is 1.64. The van der Waals surface area contributed by atoms with Crippen molar-refractivity contribution < 1.29 is 13.7 Å². The summed E-state index contributed by atoms with van der Waals surface area (Å²) < 4.78 is 12.2. The first-order chi connectivity index (χ1) is 8.47. The van der Waals surface area contributed by atoms with E-state index in [2.05, 4.69) is 0 Å². The quantitative estimate of drug-likeness (QED) is 0.576. The molecule has 0 spiro atoms. The molecule has 0 aromatic heterocycles. The maximum absolute atomic E-state index is 12.0. The molecule has 0 N–H and O–H groups in total. The van der Waals surface area contributed by atoms with Gasteiger partial charge in [0.2, 0.25) is 0 Å². The number of benzene rings is 1. The molecule has 1 heterocycles. The molecule has 98 valence electrons. The van der Waals surface area contributed by atoms with Gasteiger partial charge in [-0.2, -0.15) is 0 Å². The topological polar surface area (TPSA) is 38.8 Å². The Bertz CT molecular complexity index is 416. The Balaban J connectivity index is 2.11. The summed E-state index contributed by atoms with van der Waals surface area (Å²) in [5.41, 5.74) is 0.551. The summed E-state index contributed by atoms with van der Waals surface area (Å²) in [4.78, 5) is 12.0. The van der Waals surface area contributed by atoms with Crippen molar-refractivity contribution in [3.05, 3.63) is 35.9 Å². The normalized spacial score (nSPS) is 19.9. The maximum atomic E-state index is 12.0. The van der Waals surface area contributed by atoms with Gasteiger partial charge in [-0.1, -0.05) is 30.3 Å². The lowest BCUT2D eigenvalue weighted by atomic mass is 10.1. The molecule has 1 fully saturated rings. The van der Waals surface area contributed by atoms with E-state index in [0.717, 1.165) is 17.8 Å². The highest BCUT2D eigenvalue weighted by molar-refractivity contribution is 7.93. The molecule has 0 bridgehead atoms. The van der Waals surface area contributed by atoms with E-state index >= 15 is 0 Å². The molecule has 1 aromatic carbocycles. The second-order valence-electron chi connectivity index (χ2n) is 5.09. The molecule has 18 heavy (non-hydrogen) atoms. The molecule has 1 amide bonds. The van der Waals surface area contributed by atoms with Crippen LogP contribution in [0.2, 0.25) is 0 Å². The van der Waals surface area contributed by atoms with Crippen molar-refractivity contribution in [3.8, 4) is 0 Å². The first kappa shape index (κ1) is 13.2. The largest absolute Gasteiger partial charge is 0.443 e. The summed E-state index contributed by atoms with van der Waals surface area (Å²) in [5.74, 6) is 0. The Morgan fingerprint density at radius 3 is 2.67 bits per heavy atom. The molecule has 1 atom stereocenters. The van der Waals surface area contributed by atoms with E-state index in [1.807, 2.05) is 51.1 Å². The zero-order chi connectivity index (χ0) is 13.2. The van der Waals surface area contributed by atoms with Gasteiger partial charge in [0.05, 0.1) is 12.6 Å². The van der Waals surface area contributed by atoms with E-state index in [9.17, 15) is 4.79 Å². The Hall–Kier alpha value is -1.20. The fraction of sp³-hybridized carbons (Fsp3) is 0.462. The van der Waals surface area contributed by atoms with Gasteiger partial charge in [0.1, 0.15) is 17.8 Å². The number of carbonyl (C=O) groups excluding carboxylic acids is 1. The third kappa shape index (κ3) is 3.17. The predicted molar refractivity (Wildman–Crippen MR) is 70.8 cm³/mol. The van der Waals surface area contributed by atoms with Crippen molar-refractivity contribution in [1.29, 1.82) is 0 Å². The highest BCUT2D eigenvalue weighted by atomic mass is 32.2. The number of hydrogen-bond donors (Lipinski definition) is 0. The van der Waals surface area contributed by atoms with Crippen molar-refractivity contribution in [2.75, 3.05) is 6.61 Å². The van der Waals surface area contributed by atoms with Gasteiger partial charge < -0.3 is 4.74 Å². The SMILES string of the molecule is CC(C)(C)OC(=O)N1SOC[C@@H]1c1ccccc1. The van der Waals surface area contributed by atoms with Crippen molar-refractivity contribution in [2.24, 2.45) is 0 Å². The van der Waals surface area contributed by atoms with Crippen molar-refractivity contribution >= 4 is 18.3 Å². The second-order valence-corrected chi connectivity index (χ2v) is 5.87. The number of amides is 1. The van der Waals surface area contributed by atoms with Crippen LogP contribution in [-0.4, -0.2) is 22.6 Å². The van der Waals surface area contributed by atoms with Gasteiger partial charge in [-0.05, 0) is 26.3 Å². The van der Waals surface area contributed by atoms with E-state index < -0.39 is 5.60 Å². The van der Waals surface area contributed by atoms with Gasteiger partial charge >= 0.3 is 6.09 Å². The summed E-state index contributed by atoms with van der Waals surface area (Å²) >= 11 is 1.05. The summed E-state index contributed by atoms with van der Waals surface area (Å²) in [6.45, 7) is 6.03. The molecule has 1 aliphatic rings. The third-order valence-corrected chi connectivity index (χ3v) is 3.21. The lowest BCUT2D eigenvalue weighted by molar-refractivity contribution is 0.0367. The Labute approximate surface area is 112 Å². The van der Waals surface area contributed by atoms with Crippen LogP contribution in [0.15, 0.2) is 30.3 Å². The number of nitrogens with zero attached hydrogens (tertiary/aromatic N) is 1. The monoisotopic (exact) mass is 267 g/mol. The van der Waals surface area contributed by atoms with Crippen molar-refractivity contribution in [3.63, 3.8) is 0 Å². The van der Waals surface area contributed by atoms with Crippen LogP contribution in [0.1, 0.15) is 32.4 Å². The van der Waals surface area contributed by atoms with Gasteiger partial charge in [-0.3, -0.25) is 4.18 Å². The molecule has 1 saturated heterocycles. The molecule has 5 heteroatoms. The van der Waals surface area contributed by atoms with Crippen LogP contribution < -0.4 is 0 Å².